The Kier molecular flexibility index (Phi) is 3.12. The van der Waals surface area contributed by atoms with E-state index in [0.717, 1.165) is 6.42 Å². The minimum Gasteiger partial charge on any atom is -0.396 e. The Labute approximate surface area is 75.0 Å². The summed E-state index contributed by atoms with van der Waals surface area (Å²) < 4.78 is 0. The molecule has 0 aromatic rings. The Bertz CT molecular complexity index is 173. The van der Waals surface area contributed by atoms with Crippen molar-refractivity contribution >= 4 is 5.71 Å². The summed E-state index contributed by atoms with van der Waals surface area (Å²) in [6.45, 7) is 7.16. The average Bonchev–Trinajstić information content (AvgIpc) is 2.02. The summed E-state index contributed by atoms with van der Waals surface area (Å²) in [5, 5.41) is 4.17. The van der Waals surface area contributed by atoms with Crippen LogP contribution in [0.25, 0.3) is 0 Å². The molecule has 1 aliphatic rings. The molecule has 0 radical (unpaired) electrons. The molecule has 0 unspecified atom stereocenters. The minimum absolute atomic E-state index is 0.271. The van der Waals surface area contributed by atoms with Crippen molar-refractivity contribution in [2.45, 2.75) is 46.5 Å². The molecular weight excluding hydrogens is 150 g/mol. The molecule has 0 bridgehead atoms. The molecule has 2 nitrogen and oxygen atoms in total. The summed E-state index contributed by atoms with van der Waals surface area (Å²) in [6, 6.07) is 0. The molecule has 0 aliphatic heterocycles. The van der Waals surface area contributed by atoms with Crippen molar-refractivity contribution in [2.24, 2.45) is 10.6 Å². The predicted molar refractivity (Wildman–Crippen MR) is 51.3 cm³/mol. The van der Waals surface area contributed by atoms with E-state index in [0.29, 0.717) is 6.61 Å². The van der Waals surface area contributed by atoms with Crippen molar-refractivity contribution in [2.75, 3.05) is 6.61 Å². The molecule has 1 fully saturated rings. The normalized spacial score (nSPS) is 25.8. The third-order valence-electron chi connectivity index (χ3n) is 2.55. The van der Waals surface area contributed by atoms with Crippen LogP contribution in [0.15, 0.2) is 5.16 Å². The molecule has 0 spiro atoms. The Morgan fingerprint density at radius 1 is 1.42 bits per heavy atom. The monoisotopic (exact) mass is 169 g/mol. The van der Waals surface area contributed by atoms with Gasteiger partial charge in [0.15, 0.2) is 0 Å². The SMILES string of the molecule is CCON=C1CCCCC1(C)C. The van der Waals surface area contributed by atoms with Crippen molar-refractivity contribution in [3.63, 3.8) is 0 Å². The fourth-order valence-electron chi connectivity index (χ4n) is 1.65. The lowest BCUT2D eigenvalue weighted by molar-refractivity contribution is 0.152. The van der Waals surface area contributed by atoms with Gasteiger partial charge in [0.05, 0.1) is 5.71 Å². The van der Waals surface area contributed by atoms with E-state index in [2.05, 4.69) is 19.0 Å². The van der Waals surface area contributed by atoms with Crippen LogP contribution in [0.3, 0.4) is 0 Å². The summed E-state index contributed by atoms with van der Waals surface area (Å²) in [6.07, 6.45) is 4.97. The molecule has 0 aromatic heterocycles. The molecule has 1 rings (SSSR count). The van der Waals surface area contributed by atoms with E-state index in [4.69, 9.17) is 4.84 Å². The van der Waals surface area contributed by atoms with E-state index < -0.39 is 0 Å². The molecule has 0 amide bonds. The summed E-state index contributed by atoms with van der Waals surface area (Å²) in [4.78, 5) is 5.10. The third-order valence-corrected chi connectivity index (χ3v) is 2.55. The van der Waals surface area contributed by atoms with Crippen molar-refractivity contribution in [1.82, 2.24) is 0 Å². The lowest BCUT2D eigenvalue weighted by atomic mass is 9.76. The van der Waals surface area contributed by atoms with Gasteiger partial charge in [0.1, 0.15) is 6.61 Å². The van der Waals surface area contributed by atoms with E-state index in [1.54, 1.807) is 0 Å². The Balaban J connectivity index is 2.59. The summed E-state index contributed by atoms with van der Waals surface area (Å²) >= 11 is 0. The average molecular weight is 169 g/mol. The highest BCUT2D eigenvalue weighted by atomic mass is 16.6. The fraction of sp³-hybridized carbons (Fsp3) is 0.900. The Morgan fingerprint density at radius 2 is 2.17 bits per heavy atom. The van der Waals surface area contributed by atoms with Gasteiger partial charge in [-0.25, -0.2) is 0 Å². The summed E-state index contributed by atoms with van der Waals surface area (Å²) in [7, 11) is 0. The first kappa shape index (κ1) is 9.56. The first-order chi connectivity index (χ1) is 5.67. The molecule has 2 heteroatoms. The van der Waals surface area contributed by atoms with Crippen LogP contribution in [0.1, 0.15) is 46.5 Å². The van der Waals surface area contributed by atoms with Crippen molar-refractivity contribution in [3.8, 4) is 0 Å². The molecule has 0 N–H and O–H groups in total. The van der Waals surface area contributed by atoms with Gasteiger partial charge in [-0.3, -0.25) is 0 Å². The topological polar surface area (TPSA) is 21.6 Å². The second kappa shape index (κ2) is 3.92. The fourth-order valence-corrected chi connectivity index (χ4v) is 1.65. The molecule has 1 saturated carbocycles. The highest BCUT2D eigenvalue weighted by Gasteiger charge is 2.28. The Morgan fingerprint density at radius 3 is 2.75 bits per heavy atom. The van der Waals surface area contributed by atoms with Crippen LogP contribution in [0.2, 0.25) is 0 Å². The van der Waals surface area contributed by atoms with Gasteiger partial charge in [-0.2, -0.15) is 0 Å². The predicted octanol–water partition coefficient (Wildman–Crippen LogP) is 2.98. The van der Waals surface area contributed by atoms with Gasteiger partial charge in [0.2, 0.25) is 0 Å². The highest BCUT2D eigenvalue weighted by Crippen LogP contribution is 2.32. The maximum atomic E-state index is 5.10. The zero-order chi connectivity index (χ0) is 9.03. The van der Waals surface area contributed by atoms with Crippen LogP contribution >= 0.6 is 0 Å². The lowest BCUT2D eigenvalue weighted by Gasteiger charge is -2.30. The molecule has 70 valence electrons. The molecule has 0 atom stereocenters. The third kappa shape index (κ3) is 2.23. The molecular formula is C10H19NO. The van der Waals surface area contributed by atoms with Crippen LogP contribution in [0, 0.1) is 5.41 Å². The second-order valence-electron chi connectivity index (χ2n) is 4.05. The van der Waals surface area contributed by atoms with E-state index in [9.17, 15) is 0 Å². The van der Waals surface area contributed by atoms with Crippen LogP contribution in [0.5, 0.6) is 0 Å². The van der Waals surface area contributed by atoms with Gasteiger partial charge in [0.25, 0.3) is 0 Å². The first-order valence-corrected chi connectivity index (χ1v) is 4.86. The van der Waals surface area contributed by atoms with Crippen LogP contribution in [0.4, 0.5) is 0 Å². The van der Waals surface area contributed by atoms with Crippen LogP contribution in [-0.4, -0.2) is 12.3 Å². The number of hydrogen-bond donors (Lipinski definition) is 0. The van der Waals surface area contributed by atoms with E-state index in [-0.39, 0.29) is 5.41 Å². The number of rotatable bonds is 2. The maximum absolute atomic E-state index is 5.10. The van der Waals surface area contributed by atoms with Gasteiger partial charge in [-0.05, 0) is 26.2 Å². The minimum atomic E-state index is 0.271. The van der Waals surface area contributed by atoms with Crippen molar-refractivity contribution < 1.29 is 4.84 Å². The summed E-state index contributed by atoms with van der Waals surface area (Å²) in [5.41, 5.74) is 1.52. The van der Waals surface area contributed by atoms with E-state index in [1.807, 2.05) is 6.92 Å². The van der Waals surface area contributed by atoms with Gasteiger partial charge in [0, 0.05) is 5.41 Å². The molecule has 0 aromatic carbocycles. The highest BCUT2D eigenvalue weighted by molar-refractivity contribution is 5.89. The van der Waals surface area contributed by atoms with Gasteiger partial charge < -0.3 is 4.84 Å². The molecule has 12 heavy (non-hydrogen) atoms. The van der Waals surface area contributed by atoms with Gasteiger partial charge in [-0.1, -0.05) is 25.4 Å². The standard InChI is InChI=1S/C10H19NO/c1-4-12-11-9-7-5-6-8-10(9,2)3/h4-8H2,1-3H3. The maximum Gasteiger partial charge on any atom is 0.114 e. The van der Waals surface area contributed by atoms with Crippen LogP contribution in [-0.2, 0) is 4.84 Å². The van der Waals surface area contributed by atoms with Gasteiger partial charge >= 0.3 is 0 Å². The Hall–Kier alpha value is -0.530. The smallest absolute Gasteiger partial charge is 0.114 e. The van der Waals surface area contributed by atoms with E-state index >= 15 is 0 Å². The summed E-state index contributed by atoms with van der Waals surface area (Å²) in [5.74, 6) is 0. The molecule has 1 aliphatic carbocycles. The number of nitrogens with zero attached hydrogens (tertiary/aromatic N) is 1. The number of hydrogen-bond acceptors (Lipinski definition) is 2. The zero-order valence-corrected chi connectivity index (χ0v) is 8.39. The lowest BCUT2D eigenvalue weighted by Crippen LogP contribution is -2.28. The van der Waals surface area contributed by atoms with Crippen LogP contribution < -0.4 is 0 Å². The number of oxime groups is 1. The second-order valence-corrected chi connectivity index (χ2v) is 4.05. The van der Waals surface area contributed by atoms with Crippen molar-refractivity contribution in [3.05, 3.63) is 0 Å². The molecule has 0 heterocycles. The van der Waals surface area contributed by atoms with Gasteiger partial charge in [-0.15, -0.1) is 0 Å². The first-order valence-electron chi connectivity index (χ1n) is 4.86. The van der Waals surface area contributed by atoms with E-state index in [1.165, 1.54) is 25.0 Å². The largest absolute Gasteiger partial charge is 0.396 e. The molecule has 0 saturated heterocycles. The zero-order valence-electron chi connectivity index (χ0n) is 8.39. The van der Waals surface area contributed by atoms with Crippen molar-refractivity contribution in [1.29, 1.82) is 0 Å². The quantitative estimate of drug-likeness (QED) is 0.582.